The predicted molar refractivity (Wildman–Crippen MR) is 76.8 cm³/mol. The van der Waals surface area contributed by atoms with Crippen molar-refractivity contribution in [3.63, 3.8) is 0 Å². The van der Waals surface area contributed by atoms with E-state index in [-0.39, 0.29) is 11.8 Å². The first-order valence-electron chi connectivity index (χ1n) is 7.26. The molecular formula is C15H22N2O3. The molecule has 110 valence electrons. The number of ether oxygens (including phenoxy) is 1. The van der Waals surface area contributed by atoms with E-state index in [0.29, 0.717) is 11.6 Å². The van der Waals surface area contributed by atoms with Crippen LogP contribution in [0, 0.1) is 28.9 Å². The van der Waals surface area contributed by atoms with Crippen molar-refractivity contribution < 1.29 is 9.66 Å². The van der Waals surface area contributed by atoms with Gasteiger partial charge in [0, 0.05) is 12.1 Å². The Bertz CT molecular complexity index is 480. The Kier molecular flexibility index (Phi) is 4.57. The molecule has 20 heavy (non-hydrogen) atoms. The lowest BCUT2D eigenvalue weighted by Gasteiger charge is -2.30. The van der Waals surface area contributed by atoms with E-state index >= 15 is 0 Å². The van der Waals surface area contributed by atoms with Crippen LogP contribution in [0.4, 0.5) is 5.69 Å². The van der Waals surface area contributed by atoms with Gasteiger partial charge in [0.15, 0.2) is 0 Å². The van der Waals surface area contributed by atoms with Gasteiger partial charge in [-0.25, -0.2) is 4.98 Å². The zero-order valence-electron chi connectivity index (χ0n) is 12.3. The van der Waals surface area contributed by atoms with Gasteiger partial charge in [-0.2, -0.15) is 0 Å². The maximum Gasteiger partial charge on any atom is 0.290 e. The van der Waals surface area contributed by atoms with E-state index in [9.17, 15) is 10.1 Å². The van der Waals surface area contributed by atoms with Crippen molar-refractivity contribution in [3.8, 4) is 5.88 Å². The van der Waals surface area contributed by atoms with Crippen molar-refractivity contribution in [1.82, 2.24) is 4.98 Å². The van der Waals surface area contributed by atoms with Crippen LogP contribution in [0.5, 0.6) is 5.88 Å². The second-order valence-electron chi connectivity index (χ2n) is 5.91. The number of hydrogen-bond donors (Lipinski definition) is 0. The Morgan fingerprint density at radius 3 is 2.45 bits per heavy atom. The maximum atomic E-state index is 10.7. The molecule has 0 saturated heterocycles. The van der Waals surface area contributed by atoms with Crippen LogP contribution in [0.25, 0.3) is 0 Å². The second-order valence-corrected chi connectivity index (χ2v) is 5.91. The Morgan fingerprint density at radius 1 is 1.30 bits per heavy atom. The van der Waals surface area contributed by atoms with Crippen LogP contribution in [0.15, 0.2) is 12.1 Å². The van der Waals surface area contributed by atoms with E-state index in [4.69, 9.17) is 4.74 Å². The molecule has 5 heteroatoms. The molecule has 0 radical (unpaired) electrons. The molecule has 1 heterocycles. The molecule has 0 aliphatic heterocycles. The summed E-state index contributed by atoms with van der Waals surface area (Å²) in [5, 5.41) is 10.7. The fourth-order valence-corrected chi connectivity index (χ4v) is 2.83. The Labute approximate surface area is 119 Å². The monoisotopic (exact) mass is 278 g/mol. The van der Waals surface area contributed by atoms with Gasteiger partial charge in [0.1, 0.15) is 11.8 Å². The van der Waals surface area contributed by atoms with Gasteiger partial charge < -0.3 is 4.74 Å². The van der Waals surface area contributed by atoms with Gasteiger partial charge in [-0.05, 0) is 44.4 Å². The average Bonchev–Trinajstić information content (AvgIpc) is 2.39. The molecule has 1 saturated carbocycles. The average molecular weight is 278 g/mol. The molecule has 1 aliphatic rings. The van der Waals surface area contributed by atoms with Crippen molar-refractivity contribution in [3.05, 3.63) is 27.9 Å². The SMILES string of the molecule is Cc1nc(OC2CCC(C(C)C)CC2)ccc1[N+](=O)[O-]. The van der Waals surface area contributed by atoms with E-state index in [2.05, 4.69) is 18.8 Å². The van der Waals surface area contributed by atoms with E-state index < -0.39 is 4.92 Å². The highest BCUT2D eigenvalue weighted by atomic mass is 16.6. The molecule has 2 rings (SSSR count). The molecule has 1 aliphatic carbocycles. The third kappa shape index (κ3) is 3.46. The van der Waals surface area contributed by atoms with Gasteiger partial charge in [-0.3, -0.25) is 10.1 Å². The van der Waals surface area contributed by atoms with E-state index in [1.165, 1.54) is 18.9 Å². The summed E-state index contributed by atoms with van der Waals surface area (Å²) >= 11 is 0. The van der Waals surface area contributed by atoms with Gasteiger partial charge in [-0.15, -0.1) is 0 Å². The van der Waals surface area contributed by atoms with Gasteiger partial charge in [-0.1, -0.05) is 13.8 Å². The smallest absolute Gasteiger partial charge is 0.290 e. The highest BCUT2D eigenvalue weighted by molar-refractivity contribution is 5.36. The molecule has 0 atom stereocenters. The van der Waals surface area contributed by atoms with Gasteiger partial charge in [0.05, 0.1) is 4.92 Å². The lowest BCUT2D eigenvalue weighted by molar-refractivity contribution is -0.385. The minimum atomic E-state index is -0.417. The molecule has 0 aromatic carbocycles. The number of hydrogen-bond acceptors (Lipinski definition) is 4. The van der Waals surface area contributed by atoms with Crippen molar-refractivity contribution in [2.24, 2.45) is 11.8 Å². The minimum absolute atomic E-state index is 0.0425. The third-order valence-electron chi connectivity index (χ3n) is 4.18. The Balaban J connectivity index is 1.95. The Hall–Kier alpha value is -1.65. The summed E-state index contributed by atoms with van der Waals surface area (Å²) < 4.78 is 5.87. The molecule has 0 N–H and O–H groups in total. The van der Waals surface area contributed by atoms with Gasteiger partial charge >= 0.3 is 0 Å². The number of aryl methyl sites for hydroxylation is 1. The molecule has 0 bridgehead atoms. The molecule has 0 unspecified atom stereocenters. The third-order valence-corrected chi connectivity index (χ3v) is 4.18. The van der Waals surface area contributed by atoms with Crippen LogP contribution in [0.1, 0.15) is 45.2 Å². The van der Waals surface area contributed by atoms with Crippen molar-refractivity contribution in [2.45, 2.75) is 52.6 Å². The van der Waals surface area contributed by atoms with Crippen molar-refractivity contribution in [1.29, 1.82) is 0 Å². The summed E-state index contributed by atoms with van der Waals surface area (Å²) in [5.74, 6) is 2.03. The van der Waals surface area contributed by atoms with Gasteiger partial charge in [0.25, 0.3) is 5.69 Å². The molecule has 0 amide bonds. The lowest BCUT2D eigenvalue weighted by atomic mass is 9.80. The summed E-state index contributed by atoms with van der Waals surface area (Å²) in [6, 6.07) is 3.07. The second kappa shape index (κ2) is 6.20. The molecule has 1 aromatic rings. The number of nitrogens with zero attached hydrogens (tertiary/aromatic N) is 2. The topological polar surface area (TPSA) is 65.3 Å². The van der Waals surface area contributed by atoms with E-state index in [1.54, 1.807) is 13.0 Å². The normalized spacial score (nSPS) is 22.8. The molecule has 1 fully saturated rings. The van der Waals surface area contributed by atoms with Gasteiger partial charge in [0.2, 0.25) is 5.88 Å². The zero-order chi connectivity index (χ0) is 14.7. The van der Waals surface area contributed by atoms with E-state index in [0.717, 1.165) is 24.7 Å². The summed E-state index contributed by atoms with van der Waals surface area (Å²) in [6.07, 6.45) is 4.65. The van der Waals surface area contributed by atoms with Crippen molar-refractivity contribution in [2.75, 3.05) is 0 Å². The number of pyridine rings is 1. The lowest BCUT2D eigenvalue weighted by Crippen LogP contribution is -2.26. The Morgan fingerprint density at radius 2 is 1.95 bits per heavy atom. The molecular weight excluding hydrogens is 256 g/mol. The molecule has 5 nitrogen and oxygen atoms in total. The summed E-state index contributed by atoms with van der Waals surface area (Å²) in [4.78, 5) is 14.5. The summed E-state index contributed by atoms with van der Waals surface area (Å²) in [6.45, 7) is 6.18. The highest BCUT2D eigenvalue weighted by Crippen LogP contribution is 2.32. The first-order chi connectivity index (χ1) is 9.47. The first-order valence-corrected chi connectivity index (χ1v) is 7.26. The van der Waals surface area contributed by atoms with Crippen LogP contribution in [0.2, 0.25) is 0 Å². The number of rotatable bonds is 4. The first kappa shape index (κ1) is 14.8. The molecule has 0 spiro atoms. The number of aromatic nitrogens is 1. The fourth-order valence-electron chi connectivity index (χ4n) is 2.83. The summed E-state index contributed by atoms with van der Waals surface area (Å²) in [7, 11) is 0. The highest BCUT2D eigenvalue weighted by Gasteiger charge is 2.25. The van der Waals surface area contributed by atoms with Crippen molar-refractivity contribution >= 4 is 5.69 Å². The van der Waals surface area contributed by atoms with Crippen LogP contribution >= 0.6 is 0 Å². The van der Waals surface area contributed by atoms with Crippen LogP contribution in [0.3, 0.4) is 0 Å². The largest absolute Gasteiger partial charge is 0.474 e. The fraction of sp³-hybridized carbons (Fsp3) is 0.667. The van der Waals surface area contributed by atoms with Crippen LogP contribution in [-0.2, 0) is 0 Å². The maximum absolute atomic E-state index is 10.7. The predicted octanol–water partition coefficient (Wildman–Crippen LogP) is 3.89. The molecule has 1 aromatic heterocycles. The summed E-state index contributed by atoms with van der Waals surface area (Å²) in [5.41, 5.74) is 0.448. The standard InChI is InChI=1S/C15H22N2O3/c1-10(2)12-4-6-13(7-5-12)20-15-9-8-14(17(18)19)11(3)16-15/h8-10,12-13H,4-7H2,1-3H3. The minimum Gasteiger partial charge on any atom is -0.474 e. The van der Waals surface area contributed by atoms with E-state index in [1.807, 2.05) is 0 Å². The zero-order valence-corrected chi connectivity index (χ0v) is 12.3. The van der Waals surface area contributed by atoms with Crippen LogP contribution < -0.4 is 4.74 Å². The van der Waals surface area contributed by atoms with Crippen LogP contribution in [-0.4, -0.2) is 16.0 Å². The number of nitro groups is 1. The quantitative estimate of drug-likeness (QED) is 0.619.